The van der Waals surface area contributed by atoms with Crippen LogP contribution in [0.15, 0.2) is 67.0 Å². The van der Waals surface area contributed by atoms with Crippen molar-refractivity contribution in [3.8, 4) is 17.2 Å². The van der Waals surface area contributed by atoms with Crippen molar-refractivity contribution >= 4 is 28.4 Å². The van der Waals surface area contributed by atoms with Gasteiger partial charge in [0.15, 0.2) is 0 Å². The van der Waals surface area contributed by atoms with Gasteiger partial charge in [0.25, 0.3) is 11.8 Å². The molecule has 1 atom stereocenters. The summed E-state index contributed by atoms with van der Waals surface area (Å²) < 4.78 is 38.2. The van der Waals surface area contributed by atoms with Gasteiger partial charge in [0.05, 0.1) is 11.2 Å². The van der Waals surface area contributed by atoms with E-state index in [0.717, 1.165) is 23.6 Å². The maximum Gasteiger partial charge on any atom is 0.270 e. The summed E-state index contributed by atoms with van der Waals surface area (Å²) in [5, 5.41) is 3.38. The van der Waals surface area contributed by atoms with Gasteiger partial charge in [-0.2, -0.15) is 0 Å². The molecule has 0 unspecified atom stereocenters. The molecule has 184 valence electrons. The van der Waals surface area contributed by atoms with Crippen LogP contribution in [0.3, 0.4) is 0 Å². The van der Waals surface area contributed by atoms with Gasteiger partial charge in [-0.15, -0.1) is 0 Å². The Hall–Kier alpha value is -4.60. The fraction of sp³-hybridized carbons (Fsp3) is 0.154. The van der Waals surface area contributed by atoms with Crippen LogP contribution in [0.5, 0.6) is 17.2 Å². The van der Waals surface area contributed by atoms with Gasteiger partial charge in [-0.3, -0.25) is 19.6 Å². The maximum atomic E-state index is 13.4. The van der Waals surface area contributed by atoms with Crippen molar-refractivity contribution in [3.63, 3.8) is 0 Å². The Morgan fingerprint density at radius 2 is 1.83 bits per heavy atom. The molecule has 0 fully saturated rings. The van der Waals surface area contributed by atoms with Crippen LogP contribution < -0.4 is 19.7 Å². The molecule has 2 aromatic heterocycles. The molecule has 8 nitrogen and oxygen atoms in total. The number of carbonyl (C=O) groups is 2. The van der Waals surface area contributed by atoms with Crippen LogP contribution in [-0.2, 0) is 4.79 Å². The number of fused-ring (bicyclic) bond motifs is 3. The second-order valence-corrected chi connectivity index (χ2v) is 7.80. The van der Waals surface area contributed by atoms with Crippen LogP contribution in [0, 0.1) is 11.6 Å². The third-order valence-corrected chi connectivity index (χ3v) is 5.43. The van der Waals surface area contributed by atoms with E-state index in [1.54, 1.807) is 31.4 Å². The fourth-order valence-corrected chi connectivity index (χ4v) is 3.83. The van der Waals surface area contributed by atoms with E-state index in [1.165, 1.54) is 23.2 Å². The molecule has 36 heavy (non-hydrogen) atoms. The number of anilines is 1. The number of halogens is 2. The number of aromatic nitrogens is 2. The normalized spacial score (nSPS) is 14.8. The quantitative estimate of drug-likeness (QED) is 0.451. The summed E-state index contributed by atoms with van der Waals surface area (Å²) >= 11 is 0. The standard InChI is InChI=1S/C25H18F2N4O4.CH4/c1-31-23-18-3-2-7-28-19(18)4-5-22(23)34-13-21(25(31)33)30-24(32)20-12-16(6-8-29-20)35-17-10-14(26)9-15(27)11-17;/h2-12,21H,13H2,1H3,(H,30,32);1H4/t21-;/m0./s1. The number of likely N-dealkylation sites (N-methyl/N-ethyl adjacent to an activating group) is 1. The van der Waals surface area contributed by atoms with E-state index in [-0.39, 0.29) is 37.1 Å². The Morgan fingerprint density at radius 1 is 1.06 bits per heavy atom. The van der Waals surface area contributed by atoms with Crippen LogP contribution in [0.1, 0.15) is 17.9 Å². The number of nitrogens with zero attached hydrogens (tertiary/aromatic N) is 3. The molecular formula is C26H22F2N4O4. The van der Waals surface area contributed by atoms with E-state index in [0.29, 0.717) is 17.0 Å². The highest BCUT2D eigenvalue weighted by atomic mass is 19.1. The highest BCUT2D eigenvalue weighted by Gasteiger charge is 2.32. The van der Waals surface area contributed by atoms with Crippen molar-refractivity contribution in [2.24, 2.45) is 0 Å². The first-order valence-electron chi connectivity index (χ1n) is 10.6. The molecule has 1 aliphatic rings. The number of nitrogens with one attached hydrogen (secondary N) is 1. The molecule has 0 saturated carbocycles. The summed E-state index contributed by atoms with van der Waals surface area (Å²) in [5.74, 6) is -2.06. The number of rotatable bonds is 4. The SMILES string of the molecule is C.CN1C(=O)[C@@H](NC(=O)c2cc(Oc3cc(F)cc(F)c3)ccn2)COc2ccc3ncccc3c21. The highest BCUT2D eigenvalue weighted by Crippen LogP contribution is 2.37. The second kappa shape index (κ2) is 9.95. The molecule has 0 bridgehead atoms. The van der Waals surface area contributed by atoms with E-state index in [1.807, 2.05) is 6.07 Å². The van der Waals surface area contributed by atoms with Crippen molar-refractivity contribution in [3.05, 3.63) is 84.3 Å². The number of hydrogen-bond donors (Lipinski definition) is 1. The van der Waals surface area contributed by atoms with Gasteiger partial charge in [0, 0.05) is 49.1 Å². The van der Waals surface area contributed by atoms with Crippen LogP contribution >= 0.6 is 0 Å². The number of benzene rings is 2. The van der Waals surface area contributed by atoms with Crippen molar-refractivity contribution in [2.75, 3.05) is 18.6 Å². The first-order valence-corrected chi connectivity index (χ1v) is 10.6. The van der Waals surface area contributed by atoms with E-state index in [4.69, 9.17) is 9.47 Å². The van der Waals surface area contributed by atoms with Gasteiger partial charge in [-0.05, 0) is 30.3 Å². The smallest absolute Gasteiger partial charge is 0.270 e. The van der Waals surface area contributed by atoms with Crippen molar-refractivity contribution in [1.29, 1.82) is 0 Å². The van der Waals surface area contributed by atoms with E-state index >= 15 is 0 Å². The molecule has 3 heterocycles. The predicted molar refractivity (Wildman–Crippen MR) is 129 cm³/mol. The number of carbonyl (C=O) groups excluding carboxylic acids is 2. The Morgan fingerprint density at radius 3 is 2.61 bits per heavy atom. The number of hydrogen-bond acceptors (Lipinski definition) is 6. The van der Waals surface area contributed by atoms with E-state index in [9.17, 15) is 18.4 Å². The molecule has 0 spiro atoms. The molecule has 10 heteroatoms. The van der Waals surface area contributed by atoms with Crippen LogP contribution in [0.2, 0.25) is 0 Å². The molecular weight excluding hydrogens is 470 g/mol. The average molecular weight is 492 g/mol. The maximum absolute atomic E-state index is 13.4. The minimum atomic E-state index is -0.990. The van der Waals surface area contributed by atoms with E-state index < -0.39 is 23.6 Å². The zero-order valence-electron chi connectivity index (χ0n) is 18.4. The third-order valence-electron chi connectivity index (χ3n) is 5.43. The van der Waals surface area contributed by atoms with Crippen molar-refractivity contribution < 1.29 is 27.8 Å². The van der Waals surface area contributed by atoms with Crippen LogP contribution in [-0.4, -0.2) is 41.5 Å². The lowest BCUT2D eigenvalue weighted by Gasteiger charge is -2.21. The summed E-state index contributed by atoms with van der Waals surface area (Å²) in [7, 11) is 1.60. The van der Waals surface area contributed by atoms with Gasteiger partial charge < -0.3 is 19.7 Å². The van der Waals surface area contributed by atoms with Crippen molar-refractivity contribution in [2.45, 2.75) is 13.5 Å². The average Bonchev–Trinajstić information content (AvgIpc) is 2.95. The summed E-state index contributed by atoms with van der Waals surface area (Å²) in [6.45, 7) is -0.0908. The van der Waals surface area contributed by atoms with Gasteiger partial charge in [0.1, 0.15) is 47.2 Å². The molecule has 0 aliphatic carbocycles. The summed E-state index contributed by atoms with van der Waals surface area (Å²) in [6.07, 6.45) is 2.97. The van der Waals surface area contributed by atoms with Gasteiger partial charge in [-0.25, -0.2) is 8.78 Å². The molecule has 2 amide bonds. The second-order valence-electron chi connectivity index (χ2n) is 7.80. The molecule has 5 rings (SSSR count). The number of pyridine rings is 2. The lowest BCUT2D eigenvalue weighted by Crippen LogP contribution is -2.49. The van der Waals surface area contributed by atoms with Gasteiger partial charge >= 0.3 is 0 Å². The summed E-state index contributed by atoms with van der Waals surface area (Å²) in [5.41, 5.74) is 1.22. The summed E-state index contributed by atoms with van der Waals surface area (Å²) in [6, 6.07) is 11.6. The molecule has 1 aliphatic heterocycles. The Labute approximate surface area is 205 Å². The van der Waals surface area contributed by atoms with Crippen LogP contribution in [0.4, 0.5) is 14.5 Å². The summed E-state index contributed by atoms with van der Waals surface area (Å²) in [4.78, 5) is 35.8. The number of ether oxygens (including phenoxy) is 2. The number of amides is 2. The molecule has 2 aromatic carbocycles. The zero-order valence-corrected chi connectivity index (χ0v) is 18.4. The third kappa shape index (κ3) is 4.78. The predicted octanol–water partition coefficient (Wildman–Crippen LogP) is 4.49. The molecule has 4 aromatic rings. The zero-order chi connectivity index (χ0) is 24.5. The largest absolute Gasteiger partial charge is 0.489 e. The lowest BCUT2D eigenvalue weighted by molar-refractivity contribution is -0.120. The first-order chi connectivity index (χ1) is 16.9. The van der Waals surface area contributed by atoms with Crippen molar-refractivity contribution in [1.82, 2.24) is 15.3 Å². The molecule has 1 N–H and O–H groups in total. The molecule has 0 saturated heterocycles. The van der Waals surface area contributed by atoms with E-state index in [2.05, 4.69) is 15.3 Å². The highest BCUT2D eigenvalue weighted by molar-refractivity contribution is 6.08. The monoisotopic (exact) mass is 492 g/mol. The Balaban J connectivity index is 0.00000304. The first kappa shape index (κ1) is 24.5. The minimum absolute atomic E-state index is 0. The topological polar surface area (TPSA) is 93.7 Å². The Kier molecular flexibility index (Phi) is 6.77. The van der Waals surface area contributed by atoms with Crippen LogP contribution in [0.25, 0.3) is 10.9 Å². The minimum Gasteiger partial charge on any atom is -0.489 e. The Bertz CT molecular complexity index is 1440. The van der Waals surface area contributed by atoms with Gasteiger partial charge in [-0.1, -0.05) is 7.43 Å². The van der Waals surface area contributed by atoms with Gasteiger partial charge in [0.2, 0.25) is 0 Å². The fourth-order valence-electron chi connectivity index (χ4n) is 3.83. The lowest BCUT2D eigenvalue weighted by atomic mass is 10.1. The molecule has 0 radical (unpaired) electrons.